The number of aryl methyl sites for hydroxylation is 1. The first-order valence-corrected chi connectivity index (χ1v) is 9.55. The Hall–Kier alpha value is -3.81. The Kier molecular flexibility index (Phi) is 5.38. The number of non-ortho nitro benzene ring substituents is 1. The number of nitrogens with one attached hydrogen (secondary N) is 1. The lowest BCUT2D eigenvalue weighted by Crippen LogP contribution is -2.19. The second-order valence-corrected chi connectivity index (χ2v) is 7.09. The minimum atomic E-state index is -0.384. The van der Waals surface area contributed by atoms with Crippen LogP contribution in [-0.2, 0) is 6.42 Å². The number of rotatable bonds is 7. The molecule has 8 heteroatoms. The van der Waals surface area contributed by atoms with Gasteiger partial charge in [0, 0.05) is 54.4 Å². The minimum Gasteiger partial charge on any atom is -0.374 e. The molecule has 0 spiro atoms. The number of nitrogens with zero attached hydrogens (tertiary/aromatic N) is 4. The Labute approximate surface area is 172 Å². The number of halogens is 1. The van der Waals surface area contributed by atoms with Crippen molar-refractivity contribution in [2.24, 2.45) is 0 Å². The van der Waals surface area contributed by atoms with Gasteiger partial charge in [0.05, 0.1) is 16.0 Å². The molecule has 0 saturated carbocycles. The zero-order chi connectivity index (χ0) is 21.1. The van der Waals surface area contributed by atoms with Gasteiger partial charge < -0.3 is 4.90 Å². The van der Waals surface area contributed by atoms with Gasteiger partial charge in [-0.05, 0) is 55.3 Å². The Morgan fingerprint density at radius 1 is 1.13 bits per heavy atom. The van der Waals surface area contributed by atoms with E-state index >= 15 is 0 Å². The van der Waals surface area contributed by atoms with Gasteiger partial charge in [0.1, 0.15) is 5.82 Å². The summed E-state index contributed by atoms with van der Waals surface area (Å²) in [6.45, 7) is 0.764. The lowest BCUT2D eigenvalue weighted by atomic mass is 10.1. The molecule has 4 rings (SSSR count). The molecule has 0 unspecified atom stereocenters. The third-order valence-electron chi connectivity index (χ3n) is 5.09. The van der Waals surface area contributed by atoms with Gasteiger partial charge in [0.15, 0.2) is 0 Å². The van der Waals surface area contributed by atoms with E-state index in [9.17, 15) is 14.5 Å². The Morgan fingerprint density at radius 2 is 1.93 bits per heavy atom. The predicted molar refractivity (Wildman–Crippen MR) is 114 cm³/mol. The highest BCUT2D eigenvalue weighted by atomic mass is 19.1. The van der Waals surface area contributed by atoms with E-state index in [1.165, 1.54) is 24.4 Å². The first kappa shape index (κ1) is 19.5. The molecule has 0 aliphatic carbocycles. The zero-order valence-electron chi connectivity index (χ0n) is 16.4. The quantitative estimate of drug-likeness (QED) is 0.354. The number of benzene rings is 2. The molecule has 0 amide bonds. The molecule has 0 aliphatic rings. The lowest BCUT2D eigenvalue weighted by Gasteiger charge is -2.21. The van der Waals surface area contributed by atoms with Crippen LogP contribution in [-0.4, -0.2) is 33.7 Å². The third-order valence-corrected chi connectivity index (χ3v) is 5.09. The largest absolute Gasteiger partial charge is 0.374 e. The first-order chi connectivity index (χ1) is 14.5. The third kappa shape index (κ3) is 3.98. The average molecular weight is 405 g/mol. The van der Waals surface area contributed by atoms with E-state index in [2.05, 4.69) is 20.1 Å². The number of hydrogen-bond acceptors (Lipinski definition) is 5. The van der Waals surface area contributed by atoms with Crippen molar-refractivity contribution in [1.82, 2.24) is 15.2 Å². The van der Waals surface area contributed by atoms with Crippen molar-refractivity contribution in [3.05, 3.63) is 82.6 Å². The van der Waals surface area contributed by atoms with Crippen LogP contribution in [0.3, 0.4) is 0 Å². The maximum Gasteiger partial charge on any atom is 0.278 e. The van der Waals surface area contributed by atoms with E-state index in [-0.39, 0.29) is 16.4 Å². The molecule has 2 aromatic carbocycles. The van der Waals surface area contributed by atoms with Crippen molar-refractivity contribution in [3.63, 3.8) is 0 Å². The van der Waals surface area contributed by atoms with E-state index in [1.54, 1.807) is 30.5 Å². The van der Waals surface area contributed by atoms with Crippen molar-refractivity contribution in [3.8, 4) is 11.3 Å². The summed E-state index contributed by atoms with van der Waals surface area (Å²) in [6.07, 6.45) is 4.84. The first-order valence-electron chi connectivity index (χ1n) is 9.55. The SMILES string of the molecule is CN(CCCc1cc(-c2ccc(F)cc2)n[nH]1)c1ccc([N+](=O)[O-])c2cnccc12. The van der Waals surface area contributed by atoms with E-state index in [0.717, 1.165) is 47.4 Å². The molecule has 1 N–H and O–H groups in total. The van der Waals surface area contributed by atoms with Gasteiger partial charge in [0.2, 0.25) is 0 Å². The van der Waals surface area contributed by atoms with Gasteiger partial charge in [-0.2, -0.15) is 5.10 Å². The maximum atomic E-state index is 13.1. The number of H-pyrrole nitrogens is 1. The molecule has 0 atom stereocenters. The lowest BCUT2D eigenvalue weighted by molar-refractivity contribution is -0.383. The molecule has 0 fully saturated rings. The van der Waals surface area contributed by atoms with Crippen LogP contribution in [0.1, 0.15) is 12.1 Å². The number of hydrogen-bond donors (Lipinski definition) is 1. The Balaban J connectivity index is 1.43. The summed E-state index contributed by atoms with van der Waals surface area (Å²) in [7, 11) is 1.97. The van der Waals surface area contributed by atoms with Crippen molar-refractivity contribution < 1.29 is 9.31 Å². The Bertz CT molecular complexity index is 1190. The van der Waals surface area contributed by atoms with Gasteiger partial charge in [-0.3, -0.25) is 20.2 Å². The van der Waals surface area contributed by atoms with Crippen LogP contribution in [0.25, 0.3) is 22.0 Å². The highest BCUT2D eigenvalue weighted by Gasteiger charge is 2.16. The molecule has 0 aliphatic heterocycles. The molecular weight excluding hydrogens is 385 g/mol. The van der Waals surface area contributed by atoms with Crippen molar-refractivity contribution >= 4 is 22.1 Å². The second kappa shape index (κ2) is 8.28. The van der Waals surface area contributed by atoms with Crippen LogP contribution in [0.5, 0.6) is 0 Å². The summed E-state index contributed by atoms with van der Waals surface area (Å²) < 4.78 is 13.1. The number of aromatic amines is 1. The topological polar surface area (TPSA) is 88.0 Å². The summed E-state index contributed by atoms with van der Waals surface area (Å²) in [6, 6.07) is 13.3. The van der Waals surface area contributed by atoms with E-state index < -0.39 is 0 Å². The van der Waals surface area contributed by atoms with Crippen LogP contribution >= 0.6 is 0 Å². The highest BCUT2D eigenvalue weighted by molar-refractivity contribution is 5.99. The number of nitro benzene ring substituents is 1. The van der Waals surface area contributed by atoms with E-state index in [0.29, 0.717) is 5.39 Å². The number of aromatic nitrogens is 3. The average Bonchev–Trinajstić information content (AvgIpc) is 3.22. The fourth-order valence-corrected chi connectivity index (χ4v) is 3.54. The molecule has 4 aromatic rings. The molecule has 152 valence electrons. The van der Waals surface area contributed by atoms with Gasteiger partial charge in [-0.1, -0.05) is 0 Å². The van der Waals surface area contributed by atoms with Crippen molar-refractivity contribution in [1.29, 1.82) is 0 Å². The van der Waals surface area contributed by atoms with E-state index in [1.807, 2.05) is 13.1 Å². The molecule has 0 saturated heterocycles. The fourth-order valence-electron chi connectivity index (χ4n) is 3.54. The summed E-state index contributed by atoms with van der Waals surface area (Å²) in [5.41, 5.74) is 3.63. The minimum absolute atomic E-state index is 0.0565. The number of pyridine rings is 1. The second-order valence-electron chi connectivity index (χ2n) is 7.09. The van der Waals surface area contributed by atoms with Gasteiger partial charge in [0.25, 0.3) is 5.69 Å². The smallest absolute Gasteiger partial charge is 0.278 e. The van der Waals surface area contributed by atoms with Crippen LogP contribution in [0.2, 0.25) is 0 Å². The van der Waals surface area contributed by atoms with Gasteiger partial charge >= 0.3 is 0 Å². The molecule has 7 nitrogen and oxygen atoms in total. The molecule has 2 heterocycles. The zero-order valence-corrected chi connectivity index (χ0v) is 16.4. The summed E-state index contributed by atoms with van der Waals surface area (Å²) in [5, 5.41) is 20.0. The maximum absolute atomic E-state index is 13.1. The molecule has 0 bridgehead atoms. The fraction of sp³-hybridized carbons (Fsp3) is 0.182. The highest BCUT2D eigenvalue weighted by Crippen LogP contribution is 2.32. The van der Waals surface area contributed by atoms with Crippen molar-refractivity contribution in [2.75, 3.05) is 18.5 Å². The van der Waals surface area contributed by atoms with Crippen LogP contribution in [0.4, 0.5) is 15.8 Å². The monoisotopic (exact) mass is 405 g/mol. The van der Waals surface area contributed by atoms with Crippen LogP contribution < -0.4 is 4.90 Å². The van der Waals surface area contributed by atoms with Gasteiger partial charge in [-0.25, -0.2) is 4.39 Å². The number of fused-ring (bicyclic) bond motifs is 1. The van der Waals surface area contributed by atoms with Crippen LogP contribution in [0, 0.1) is 15.9 Å². The molecule has 2 aromatic heterocycles. The van der Waals surface area contributed by atoms with Gasteiger partial charge in [-0.15, -0.1) is 0 Å². The molecular formula is C22H20FN5O2. The predicted octanol–water partition coefficient (Wildman–Crippen LogP) is 4.74. The standard InChI is InChI=1S/C22H20FN5O2/c1-27(21-8-9-22(28(29)30)19-14-24-11-10-18(19)21)12-2-3-17-13-20(26-25-17)15-4-6-16(23)7-5-15/h4-11,13-14H,2-3,12H2,1H3,(H,25,26). The number of anilines is 1. The summed E-state index contributed by atoms with van der Waals surface area (Å²) >= 11 is 0. The normalized spacial score (nSPS) is 11.0. The summed E-state index contributed by atoms with van der Waals surface area (Å²) in [5.74, 6) is -0.271. The number of nitro groups is 1. The van der Waals surface area contributed by atoms with Crippen LogP contribution in [0.15, 0.2) is 60.9 Å². The molecule has 30 heavy (non-hydrogen) atoms. The van der Waals surface area contributed by atoms with Crippen molar-refractivity contribution in [2.45, 2.75) is 12.8 Å². The Morgan fingerprint density at radius 3 is 2.70 bits per heavy atom. The summed E-state index contributed by atoms with van der Waals surface area (Å²) in [4.78, 5) is 17.0. The van der Waals surface area contributed by atoms with E-state index in [4.69, 9.17) is 0 Å². The molecule has 0 radical (unpaired) electrons.